The highest BCUT2D eigenvalue weighted by atomic mass is 16.5. The molecular formula is C8H13N3O. The highest BCUT2D eigenvalue weighted by Crippen LogP contribution is 2.22. The lowest BCUT2D eigenvalue weighted by atomic mass is 9.96. The molecule has 0 N–H and O–H groups in total. The smallest absolute Gasteiger partial charge is 0.152 e. The van der Waals surface area contributed by atoms with Gasteiger partial charge < -0.3 is 4.74 Å². The fraction of sp³-hybridized carbons (Fsp3) is 0.750. The summed E-state index contributed by atoms with van der Waals surface area (Å²) in [6.45, 7) is 0.598. The van der Waals surface area contributed by atoms with E-state index in [0.29, 0.717) is 12.7 Å². The van der Waals surface area contributed by atoms with E-state index in [1.807, 2.05) is 7.05 Å². The van der Waals surface area contributed by atoms with Crippen LogP contribution in [-0.2, 0) is 18.4 Å². The van der Waals surface area contributed by atoms with E-state index in [1.165, 1.54) is 19.3 Å². The molecule has 0 radical (unpaired) electrons. The molecule has 1 saturated carbocycles. The SMILES string of the molecule is Cn1ncnc1COC1CCC1. The number of nitrogens with zero attached hydrogens (tertiary/aromatic N) is 3. The molecule has 0 aliphatic heterocycles. The standard InChI is InChI=1S/C8H13N3O/c1-11-8(9-6-10-11)5-12-7-3-2-4-7/h6-7H,2-5H2,1H3. The Hall–Kier alpha value is -0.900. The summed E-state index contributed by atoms with van der Waals surface area (Å²) in [5, 5.41) is 3.96. The van der Waals surface area contributed by atoms with Crippen molar-refractivity contribution in [1.82, 2.24) is 14.8 Å². The molecule has 0 saturated heterocycles. The Balaban J connectivity index is 1.82. The third-order valence-corrected chi connectivity index (χ3v) is 2.31. The first-order chi connectivity index (χ1) is 5.86. The van der Waals surface area contributed by atoms with Gasteiger partial charge in [0.15, 0.2) is 5.82 Å². The first-order valence-electron chi connectivity index (χ1n) is 4.31. The van der Waals surface area contributed by atoms with Crippen molar-refractivity contribution < 1.29 is 4.74 Å². The minimum atomic E-state index is 0.474. The Morgan fingerprint density at radius 2 is 2.50 bits per heavy atom. The van der Waals surface area contributed by atoms with Gasteiger partial charge in [-0.05, 0) is 19.3 Å². The van der Waals surface area contributed by atoms with Gasteiger partial charge in [-0.15, -0.1) is 0 Å². The molecule has 1 aromatic heterocycles. The Morgan fingerprint density at radius 3 is 3.00 bits per heavy atom. The van der Waals surface area contributed by atoms with Crippen molar-refractivity contribution in [3.05, 3.63) is 12.2 Å². The molecule has 1 heterocycles. The second kappa shape index (κ2) is 3.23. The molecule has 0 aromatic carbocycles. The lowest BCUT2D eigenvalue weighted by molar-refractivity contribution is -0.0127. The lowest BCUT2D eigenvalue weighted by Crippen LogP contribution is -2.22. The molecule has 1 fully saturated rings. The van der Waals surface area contributed by atoms with E-state index in [0.717, 1.165) is 5.82 Å². The van der Waals surface area contributed by atoms with E-state index in [9.17, 15) is 0 Å². The van der Waals surface area contributed by atoms with Crippen LogP contribution >= 0.6 is 0 Å². The highest BCUT2D eigenvalue weighted by Gasteiger charge is 2.18. The van der Waals surface area contributed by atoms with Crippen LogP contribution in [0.2, 0.25) is 0 Å². The van der Waals surface area contributed by atoms with Crippen molar-refractivity contribution in [1.29, 1.82) is 0 Å². The first kappa shape index (κ1) is 7.73. The fourth-order valence-corrected chi connectivity index (χ4v) is 1.18. The van der Waals surface area contributed by atoms with Crippen molar-refractivity contribution in [2.24, 2.45) is 7.05 Å². The van der Waals surface area contributed by atoms with Crippen LogP contribution in [0.5, 0.6) is 0 Å². The summed E-state index contributed by atoms with van der Waals surface area (Å²) >= 11 is 0. The average molecular weight is 167 g/mol. The number of aryl methyl sites for hydroxylation is 1. The predicted octanol–water partition coefficient (Wildman–Crippen LogP) is 0.884. The third-order valence-electron chi connectivity index (χ3n) is 2.31. The van der Waals surface area contributed by atoms with E-state index in [2.05, 4.69) is 10.1 Å². The zero-order valence-electron chi connectivity index (χ0n) is 7.23. The first-order valence-corrected chi connectivity index (χ1v) is 4.31. The molecule has 0 amide bonds. The van der Waals surface area contributed by atoms with Crippen LogP contribution in [0.4, 0.5) is 0 Å². The van der Waals surface area contributed by atoms with Crippen molar-refractivity contribution in [3.8, 4) is 0 Å². The minimum absolute atomic E-state index is 0.474. The van der Waals surface area contributed by atoms with E-state index < -0.39 is 0 Å². The van der Waals surface area contributed by atoms with Crippen LogP contribution in [0.25, 0.3) is 0 Å². The number of rotatable bonds is 3. The normalized spacial score (nSPS) is 17.8. The van der Waals surface area contributed by atoms with Crippen molar-refractivity contribution in [2.75, 3.05) is 0 Å². The second-order valence-corrected chi connectivity index (χ2v) is 3.16. The van der Waals surface area contributed by atoms with Crippen LogP contribution in [0.15, 0.2) is 6.33 Å². The van der Waals surface area contributed by atoms with Gasteiger partial charge in [0.05, 0.1) is 6.10 Å². The average Bonchev–Trinajstić information content (AvgIpc) is 2.33. The third kappa shape index (κ3) is 1.48. The zero-order valence-corrected chi connectivity index (χ0v) is 7.23. The molecule has 1 aromatic rings. The van der Waals surface area contributed by atoms with E-state index >= 15 is 0 Å². The number of ether oxygens (including phenoxy) is 1. The summed E-state index contributed by atoms with van der Waals surface area (Å²) in [6, 6.07) is 0. The highest BCUT2D eigenvalue weighted by molar-refractivity contribution is 4.81. The molecule has 4 nitrogen and oxygen atoms in total. The monoisotopic (exact) mass is 167 g/mol. The van der Waals surface area contributed by atoms with Gasteiger partial charge in [0, 0.05) is 7.05 Å². The molecule has 0 spiro atoms. The van der Waals surface area contributed by atoms with Crippen molar-refractivity contribution in [3.63, 3.8) is 0 Å². The van der Waals surface area contributed by atoms with Crippen LogP contribution in [0.3, 0.4) is 0 Å². The quantitative estimate of drug-likeness (QED) is 0.671. The molecule has 12 heavy (non-hydrogen) atoms. The largest absolute Gasteiger partial charge is 0.370 e. The van der Waals surface area contributed by atoms with Crippen LogP contribution in [0.1, 0.15) is 25.1 Å². The molecule has 0 unspecified atom stereocenters. The zero-order chi connectivity index (χ0) is 8.39. The summed E-state index contributed by atoms with van der Waals surface area (Å²) < 4.78 is 7.33. The molecule has 4 heteroatoms. The second-order valence-electron chi connectivity index (χ2n) is 3.16. The molecule has 1 aliphatic rings. The van der Waals surface area contributed by atoms with Gasteiger partial charge in [0.1, 0.15) is 12.9 Å². The van der Waals surface area contributed by atoms with Gasteiger partial charge in [0.25, 0.3) is 0 Å². The molecule has 66 valence electrons. The Morgan fingerprint density at radius 1 is 1.67 bits per heavy atom. The number of aromatic nitrogens is 3. The van der Waals surface area contributed by atoms with Gasteiger partial charge in [-0.1, -0.05) is 0 Å². The van der Waals surface area contributed by atoms with Crippen LogP contribution in [0, 0.1) is 0 Å². The maximum absolute atomic E-state index is 5.58. The van der Waals surface area contributed by atoms with Gasteiger partial charge in [-0.25, -0.2) is 4.98 Å². The summed E-state index contributed by atoms with van der Waals surface area (Å²) in [5.74, 6) is 0.905. The Labute approximate surface area is 71.6 Å². The van der Waals surface area contributed by atoms with Gasteiger partial charge >= 0.3 is 0 Å². The maximum Gasteiger partial charge on any atom is 0.152 e. The molecular weight excluding hydrogens is 154 g/mol. The van der Waals surface area contributed by atoms with Crippen LogP contribution < -0.4 is 0 Å². The van der Waals surface area contributed by atoms with E-state index in [4.69, 9.17) is 4.74 Å². The van der Waals surface area contributed by atoms with Crippen molar-refractivity contribution in [2.45, 2.75) is 32.0 Å². The topological polar surface area (TPSA) is 39.9 Å². The van der Waals surface area contributed by atoms with Gasteiger partial charge in [-0.2, -0.15) is 5.10 Å². The molecule has 0 bridgehead atoms. The molecule has 0 atom stereocenters. The fourth-order valence-electron chi connectivity index (χ4n) is 1.18. The Kier molecular flexibility index (Phi) is 2.08. The molecule has 2 rings (SSSR count). The van der Waals surface area contributed by atoms with Gasteiger partial charge in [-0.3, -0.25) is 4.68 Å². The summed E-state index contributed by atoms with van der Waals surface area (Å²) in [4.78, 5) is 4.07. The van der Waals surface area contributed by atoms with E-state index in [-0.39, 0.29) is 0 Å². The summed E-state index contributed by atoms with van der Waals surface area (Å²) in [5.41, 5.74) is 0. The Bertz CT molecular complexity index is 255. The van der Waals surface area contributed by atoms with Gasteiger partial charge in [0.2, 0.25) is 0 Å². The van der Waals surface area contributed by atoms with E-state index in [1.54, 1.807) is 11.0 Å². The lowest BCUT2D eigenvalue weighted by Gasteiger charge is -2.25. The number of hydrogen-bond donors (Lipinski definition) is 0. The van der Waals surface area contributed by atoms with Crippen LogP contribution in [-0.4, -0.2) is 20.9 Å². The molecule has 1 aliphatic carbocycles. The maximum atomic E-state index is 5.58. The number of hydrogen-bond acceptors (Lipinski definition) is 3. The summed E-state index contributed by atoms with van der Waals surface area (Å²) in [6.07, 6.45) is 5.75. The summed E-state index contributed by atoms with van der Waals surface area (Å²) in [7, 11) is 1.88. The predicted molar refractivity (Wildman–Crippen MR) is 43.4 cm³/mol. The van der Waals surface area contributed by atoms with Crippen molar-refractivity contribution >= 4 is 0 Å². The minimum Gasteiger partial charge on any atom is -0.370 e.